The zero-order valence-electron chi connectivity index (χ0n) is 11.5. The molecule has 2 aromatic heterocycles. The number of aryl methyl sites for hydroxylation is 1. The van der Waals surface area contributed by atoms with E-state index in [2.05, 4.69) is 25.5 Å². The van der Waals surface area contributed by atoms with Gasteiger partial charge in [-0.3, -0.25) is 0 Å². The van der Waals surface area contributed by atoms with Gasteiger partial charge in [0.05, 0.1) is 13.2 Å². The number of anilines is 2. The van der Waals surface area contributed by atoms with Gasteiger partial charge in [0.15, 0.2) is 5.82 Å². The Morgan fingerprint density at radius 2 is 2.19 bits per heavy atom. The van der Waals surface area contributed by atoms with Crippen molar-refractivity contribution in [1.29, 1.82) is 0 Å². The molecule has 1 aliphatic carbocycles. The summed E-state index contributed by atoms with van der Waals surface area (Å²) in [5.41, 5.74) is 5.59. The number of hydrogen-bond donors (Lipinski definition) is 2. The van der Waals surface area contributed by atoms with Gasteiger partial charge >= 0.3 is 0 Å². The van der Waals surface area contributed by atoms with Crippen LogP contribution in [0.1, 0.15) is 22.9 Å². The Balaban J connectivity index is 1.70. The van der Waals surface area contributed by atoms with Gasteiger partial charge in [0.2, 0.25) is 11.8 Å². The van der Waals surface area contributed by atoms with Gasteiger partial charge in [-0.05, 0) is 25.7 Å². The van der Waals surface area contributed by atoms with Crippen LogP contribution in [0.3, 0.4) is 0 Å². The molecule has 0 aliphatic heterocycles. The molecule has 0 aromatic carbocycles. The maximum absolute atomic E-state index is 14.2. The Kier molecular flexibility index (Phi) is 3.82. The van der Waals surface area contributed by atoms with Crippen molar-refractivity contribution < 1.29 is 9.13 Å². The summed E-state index contributed by atoms with van der Waals surface area (Å²) >= 11 is 1.43. The molecule has 0 spiro atoms. The van der Waals surface area contributed by atoms with Gasteiger partial charge in [0, 0.05) is 0 Å². The fourth-order valence-electron chi connectivity index (χ4n) is 1.71. The van der Waals surface area contributed by atoms with Crippen molar-refractivity contribution in [3.8, 4) is 5.88 Å². The Morgan fingerprint density at radius 1 is 1.38 bits per heavy atom. The third-order valence-corrected chi connectivity index (χ3v) is 3.80. The van der Waals surface area contributed by atoms with Crippen molar-refractivity contribution in [3.63, 3.8) is 0 Å². The summed E-state index contributed by atoms with van der Waals surface area (Å²) in [7, 11) is 0. The van der Waals surface area contributed by atoms with Crippen LogP contribution in [0.4, 0.5) is 16.2 Å². The summed E-state index contributed by atoms with van der Waals surface area (Å²) in [5.74, 6) is -0.253. The second-order valence-corrected chi connectivity index (χ2v) is 6.14. The molecule has 0 amide bonds. The van der Waals surface area contributed by atoms with Crippen LogP contribution >= 0.6 is 11.3 Å². The van der Waals surface area contributed by atoms with E-state index in [1.165, 1.54) is 11.3 Å². The van der Waals surface area contributed by atoms with Crippen LogP contribution in [0.5, 0.6) is 5.88 Å². The van der Waals surface area contributed by atoms with Crippen molar-refractivity contribution in [1.82, 2.24) is 20.2 Å². The van der Waals surface area contributed by atoms with Crippen molar-refractivity contribution in [2.75, 3.05) is 17.7 Å². The first-order valence-corrected chi connectivity index (χ1v) is 7.42. The lowest BCUT2D eigenvalue weighted by molar-refractivity contribution is 0.273. The minimum Gasteiger partial charge on any atom is -0.475 e. The van der Waals surface area contributed by atoms with Crippen LogP contribution in [0.2, 0.25) is 0 Å². The van der Waals surface area contributed by atoms with Crippen LogP contribution in [0.25, 0.3) is 0 Å². The first-order valence-electron chi connectivity index (χ1n) is 6.60. The number of ether oxygens (including phenoxy) is 1. The molecule has 0 saturated heterocycles. The lowest BCUT2D eigenvalue weighted by Gasteiger charge is -2.10. The van der Waals surface area contributed by atoms with Crippen LogP contribution in [-0.4, -0.2) is 26.8 Å². The maximum atomic E-state index is 14.2. The third-order valence-electron chi connectivity index (χ3n) is 2.97. The number of nitrogen functional groups attached to an aromatic ring is 1. The standard InChI is InChI=1S/C12H15FN6OS/c1-6-18-19-8(21-6)4-15-10-9(13)11(17-12(14)16-10)20-5-7-2-3-7/h7H,2-5H2,1H3,(H3,14,15,16,17). The first kappa shape index (κ1) is 13.9. The molecule has 0 bridgehead atoms. The zero-order valence-corrected chi connectivity index (χ0v) is 12.3. The Morgan fingerprint density at radius 3 is 2.86 bits per heavy atom. The molecule has 2 aromatic rings. The normalized spacial score (nSPS) is 14.2. The summed E-state index contributed by atoms with van der Waals surface area (Å²) in [6.07, 6.45) is 2.23. The molecule has 1 saturated carbocycles. The molecule has 1 fully saturated rings. The number of nitrogens with two attached hydrogens (primary N) is 1. The van der Waals surface area contributed by atoms with E-state index in [0.29, 0.717) is 19.1 Å². The summed E-state index contributed by atoms with van der Waals surface area (Å²) in [4.78, 5) is 7.65. The quantitative estimate of drug-likeness (QED) is 0.838. The Bertz CT molecular complexity index is 645. The number of halogens is 1. The lowest BCUT2D eigenvalue weighted by Crippen LogP contribution is -2.11. The predicted octanol–water partition coefficient (Wildman–Crippen LogP) is 1.76. The molecule has 0 atom stereocenters. The summed E-state index contributed by atoms with van der Waals surface area (Å²) in [6, 6.07) is 0. The number of rotatable bonds is 6. The molecule has 0 unspecified atom stereocenters. The van der Waals surface area contributed by atoms with E-state index >= 15 is 0 Å². The van der Waals surface area contributed by atoms with Gasteiger partial charge in [0.1, 0.15) is 10.0 Å². The third kappa shape index (κ3) is 3.54. The highest BCUT2D eigenvalue weighted by Crippen LogP contribution is 2.30. The molecule has 0 radical (unpaired) electrons. The number of nitrogens with zero attached hydrogens (tertiary/aromatic N) is 4. The summed E-state index contributed by atoms with van der Waals surface area (Å²) in [5, 5.41) is 12.3. The van der Waals surface area contributed by atoms with E-state index in [4.69, 9.17) is 10.5 Å². The summed E-state index contributed by atoms with van der Waals surface area (Å²) in [6.45, 7) is 2.64. The van der Waals surface area contributed by atoms with E-state index in [1.54, 1.807) is 0 Å². The van der Waals surface area contributed by atoms with Gasteiger partial charge in [-0.2, -0.15) is 14.4 Å². The lowest BCUT2D eigenvalue weighted by atomic mass is 10.4. The molecule has 3 N–H and O–H groups in total. The van der Waals surface area contributed by atoms with Crippen molar-refractivity contribution in [2.45, 2.75) is 26.3 Å². The highest BCUT2D eigenvalue weighted by atomic mass is 32.1. The molecule has 7 nitrogen and oxygen atoms in total. The average molecular weight is 310 g/mol. The van der Waals surface area contributed by atoms with Crippen LogP contribution in [0, 0.1) is 18.7 Å². The van der Waals surface area contributed by atoms with E-state index in [9.17, 15) is 4.39 Å². The Labute approximate surface area is 124 Å². The van der Waals surface area contributed by atoms with E-state index < -0.39 is 5.82 Å². The fourth-order valence-corrected chi connectivity index (χ4v) is 2.35. The van der Waals surface area contributed by atoms with Crippen LogP contribution in [-0.2, 0) is 6.54 Å². The van der Waals surface area contributed by atoms with Gasteiger partial charge in [-0.15, -0.1) is 10.2 Å². The number of nitrogens with one attached hydrogen (secondary N) is 1. The number of hydrogen-bond acceptors (Lipinski definition) is 8. The monoisotopic (exact) mass is 310 g/mol. The van der Waals surface area contributed by atoms with Crippen LogP contribution in [0.15, 0.2) is 0 Å². The largest absolute Gasteiger partial charge is 0.475 e. The van der Waals surface area contributed by atoms with Crippen molar-refractivity contribution in [2.24, 2.45) is 5.92 Å². The first-order chi connectivity index (χ1) is 10.1. The highest BCUT2D eigenvalue weighted by molar-refractivity contribution is 7.11. The SMILES string of the molecule is Cc1nnc(CNc2nc(N)nc(OCC3CC3)c2F)s1. The number of aromatic nitrogens is 4. The second-order valence-electron chi connectivity index (χ2n) is 4.87. The maximum Gasteiger partial charge on any atom is 0.257 e. The van der Waals surface area contributed by atoms with Crippen LogP contribution < -0.4 is 15.8 Å². The smallest absolute Gasteiger partial charge is 0.257 e. The second kappa shape index (κ2) is 5.76. The molecule has 1 aliphatic rings. The van der Waals surface area contributed by atoms with Gasteiger partial charge < -0.3 is 15.8 Å². The highest BCUT2D eigenvalue weighted by Gasteiger charge is 2.24. The van der Waals surface area contributed by atoms with E-state index in [1.807, 2.05) is 6.92 Å². The van der Waals surface area contributed by atoms with Gasteiger partial charge in [-0.1, -0.05) is 11.3 Å². The molecule has 2 heterocycles. The molecule has 112 valence electrons. The minimum absolute atomic E-state index is 0.0150. The van der Waals surface area contributed by atoms with Gasteiger partial charge in [-0.25, -0.2) is 0 Å². The van der Waals surface area contributed by atoms with Gasteiger partial charge in [0.25, 0.3) is 5.88 Å². The van der Waals surface area contributed by atoms with Crippen molar-refractivity contribution in [3.05, 3.63) is 15.8 Å². The molecule has 21 heavy (non-hydrogen) atoms. The van der Waals surface area contributed by atoms with E-state index in [-0.39, 0.29) is 17.6 Å². The molecular formula is C12H15FN6OS. The molecule has 3 rings (SSSR count). The topological polar surface area (TPSA) is 98.8 Å². The van der Waals surface area contributed by atoms with Crippen molar-refractivity contribution >= 4 is 23.1 Å². The predicted molar refractivity (Wildman–Crippen MR) is 76.6 cm³/mol. The molecular weight excluding hydrogens is 295 g/mol. The Hall–Kier alpha value is -2.03. The average Bonchev–Trinajstić information content (AvgIpc) is 3.19. The summed E-state index contributed by atoms with van der Waals surface area (Å²) < 4.78 is 19.6. The van der Waals surface area contributed by atoms with E-state index in [0.717, 1.165) is 22.9 Å². The zero-order chi connectivity index (χ0) is 14.8. The fraction of sp³-hybridized carbons (Fsp3) is 0.500. The molecule has 9 heteroatoms. The minimum atomic E-state index is -0.633.